The van der Waals surface area contributed by atoms with Gasteiger partial charge >= 0.3 is 5.97 Å². The molecule has 2 atom stereocenters. The van der Waals surface area contributed by atoms with E-state index in [0.29, 0.717) is 23.4 Å². The van der Waals surface area contributed by atoms with Crippen LogP contribution in [0.15, 0.2) is 33.4 Å². The highest BCUT2D eigenvalue weighted by molar-refractivity contribution is 9.11. The van der Waals surface area contributed by atoms with Crippen LogP contribution in [0.4, 0.5) is 11.4 Å². The van der Waals surface area contributed by atoms with Gasteiger partial charge in [0.1, 0.15) is 12.1 Å². The Balaban J connectivity index is 1.83. The van der Waals surface area contributed by atoms with E-state index in [-0.39, 0.29) is 5.91 Å². The molecule has 1 unspecified atom stereocenters. The lowest BCUT2D eigenvalue weighted by Gasteiger charge is -2.26. The third kappa shape index (κ3) is 4.30. The molecule has 0 radical (unpaired) electrons. The molecule has 9 heteroatoms. The van der Waals surface area contributed by atoms with Gasteiger partial charge < -0.3 is 20.7 Å². The number of carbonyl (C=O) groups is 3. The molecule has 0 saturated heterocycles. The predicted octanol–water partition coefficient (Wildman–Crippen LogP) is 2.78. The Morgan fingerprint density at radius 2 is 2.19 bits per heavy atom. The normalized spacial score (nSPS) is 16.6. The van der Waals surface area contributed by atoms with Crippen LogP contribution in [-0.4, -0.2) is 37.0 Å². The quantitative estimate of drug-likeness (QED) is 0.607. The summed E-state index contributed by atoms with van der Waals surface area (Å²) in [7, 11) is 1.29. The number of rotatable bonds is 5. The minimum Gasteiger partial charge on any atom is -0.467 e. The second-order valence-corrected chi connectivity index (χ2v) is 8.39. The zero-order chi connectivity index (χ0) is 19.6. The summed E-state index contributed by atoms with van der Waals surface area (Å²) in [6.45, 7) is 1.71. The number of halogens is 1. The molecule has 0 aliphatic carbocycles. The number of hydrogen-bond acceptors (Lipinski definition) is 6. The molecule has 0 fully saturated rings. The van der Waals surface area contributed by atoms with E-state index in [0.717, 1.165) is 9.35 Å². The number of ether oxygens (including phenoxy) is 1. The average Bonchev–Trinajstić information content (AvgIpc) is 3.05. The number of benzene rings is 1. The second-order valence-electron chi connectivity index (χ2n) is 6.10. The molecule has 2 aromatic rings. The number of hydrogen-bond donors (Lipinski definition) is 3. The summed E-state index contributed by atoms with van der Waals surface area (Å²) in [6.07, 6.45) is 0.316. The molecule has 0 spiro atoms. The third-order valence-electron chi connectivity index (χ3n) is 4.17. The number of esters is 1. The van der Waals surface area contributed by atoms with Crippen molar-refractivity contribution in [2.45, 2.75) is 25.4 Å². The van der Waals surface area contributed by atoms with Gasteiger partial charge in [-0.2, -0.15) is 0 Å². The topological polar surface area (TPSA) is 96.5 Å². The van der Waals surface area contributed by atoms with Crippen LogP contribution in [0, 0.1) is 0 Å². The fourth-order valence-corrected chi connectivity index (χ4v) is 4.01. The van der Waals surface area contributed by atoms with Crippen LogP contribution in [0.1, 0.15) is 22.8 Å². The van der Waals surface area contributed by atoms with Gasteiger partial charge in [0.05, 0.1) is 27.8 Å². The van der Waals surface area contributed by atoms with E-state index >= 15 is 0 Å². The maximum atomic E-state index is 12.9. The van der Waals surface area contributed by atoms with Crippen LogP contribution in [0.2, 0.25) is 0 Å². The molecule has 142 valence electrons. The highest BCUT2D eigenvalue weighted by Crippen LogP contribution is 2.30. The van der Waals surface area contributed by atoms with Crippen molar-refractivity contribution in [3.8, 4) is 0 Å². The summed E-state index contributed by atoms with van der Waals surface area (Å²) >= 11 is 4.89. The highest BCUT2D eigenvalue weighted by atomic mass is 79.9. The van der Waals surface area contributed by atoms with Crippen molar-refractivity contribution in [1.82, 2.24) is 5.32 Å². The number of amides is 2. The molecular formula is C18H18BrN3O4S. The van der Waals surface area contributed by atoms with Crippen molar-refractivity contribution in [2.24, 2.45) is 0 Å². The predicted molar refractivity (Wildman–Crippen MR) is 107 cm³/mol. The summed E-state index contributed by atoms with van der Waals surface area (Å²) in [6, 6.07) is 5.64. The molecule has 7 nitrogen and oxygen atoms in total. The first-order valence-electron chi connectivity index (χ1n) is 8.21. The number of carbonyl (C=O) groups excluding carboxylic acids is 3. The van der Waals surface area contributed by atoms with Gasteiger partial charge in [0.2, 0.25) is 5.91 Å². The first-order valence-corrected chi connectivity index (χ1v) is 9.88. The van der Waals surface area contributed by atoms with E-state index < -0.39 is 24.0 Å². The number of methoxy groups -OCH3 is 1. The Kier molecular flexibility index (Phi) is 5.81. The zero-order valence-electron chi connectivity index (χ0n) is 14.7. The minimum atomic E-state index is -0.824. The van der Waals surface area contributed by atoms with Crippen LogP contribution in [-0.2, 0) is 20.7 Å². The van der Waals surface area contributed by atoms with E-state index in [4.69, 9.17) is 4.74 Å². The lowest BCUT2D eigenvalue weighted by atomic mass is 10.0. The molecule has 1 aliphatic rings. The molecule has 0 saturated carbocycles. The summed E-state index contributed by atoms with van der Waals surface area (Å²) in [5.41, 5.74) is 2.32. The smallest absolute Gasteiger partial charge is 0.328 e. The van der Waals surface area contributed by atoms with Crippen LogP contribution in [0.3, 0.4) is 0 Å². The molecule has 1 aromatic heterocycles. The van der Waals surface area contributed by atoms with E-state index in [1.807, 2.05) is 11.4 Å². The van der Waals surface area contributed by atoms with Gasteiger partial charge in [-0.25, -0.2) is 4.79 Å². The average molecular weight is 452 g/mol. The fraction of sp³-hybridized carbons (Fsp3) is 0.278. The monoisotopic (exact) mass is 451 g/mol. The number of para-hydroxylation sites is 1. The summed E-state index contributed by atoms with van der Waals surface area (Å²) in [4.78, 5) is 36.8. The molecule has 1 aliphatic heterocycles. The van der Waals surface area contributed by atoms with E-state index in [2.05, 4.69) is 31.9 Å². The number of fused-ring (bicyclic) bond motifs is 1. The van der Waals surface area contributed by atoms with Crippen LogP contribution < -0.4 is 16.0 Å². The lowest BCUT2D eigenvalue weighted by Crippen LogP contribution is -2.44. The highest BCUT2D eigenvalue weighted by Gasteiger charge is 2.28. The Labute approximate surface area is 168 Å². The molecule has 3 rings (SSSR count). The second kappa shape index (κ2) is 8.10. The standard InChI is InChI=1S/C18H18BrN3O4S/c1-9-16(23)21-12-5-3-4-11(15(12)20-9)17(24)22-13(18(25)26-2)6-10-7-14(19)27-8-10/h3-5,7-9,13,20H,6H2,1-2H3,(H,21,23)(H,22,24)/t9?,13-/m1/s1. The number of thiophene rings is 1. The molecule has 2 heterocycles. The van der Waals surface area contributed by atoms with Crippen molar-refractivity contribution in [1.29, 1.82) is 0 Å². The van der Waals surface area contributed by atoms with Gasteiger partial charge in [-0.1, -0.05) is 6.07 Å². The van der Waals surface area contributed by atoms with Crippen LogP contribution >= 0.6 is 27.3 Å². The summed E-state index contributed by atoms with van der Waals surface area (Å²) < 4.78 is 5.78. The Hall–Kier alpha value is -2.39. The van der Waals surface area contributed by atoms with E-state index in [1.165, 1.54) is 18.4 Å². The molecular weight excluding hydrogens is 434 g/mol. The summed E-state index contributed by atoms with van der Waals surface area (Å²) in [5.74, 6) is -1.12. The van der Waals surface area contributed by atoms with Gasteiger partial charge in [-0.05, 0) is 52.0 Å². The first kappa shape index (κ1) is 19.4. The third-order valence-corrected chi connectivity index (χ3v) is 5.73. The minimum absolute atomic E-state index is 0.171. The van der Waals surface area contributed by atoms with Crippen molar-refractivity contribution >= 4 is 56.4 Å². The van der Waals surface area contributed by atoms with E-state index in [1.54, 1.807) is 25.1 Å². The Morgan fingerprint density at radius 1 is 1.41 bits per heavy atom. The van der Waals surface area contributed by atoms with Gasteiger partial charge in [-0.15, -0.1) is 11.3 Å². The lowest BCUT2D eigenvalue weighted by molar-refractivity contribution is -0.142. The molecule has 0 bridgehead atoms. The van der Waals surface area contributed by atoms with Crippen molar-refractivity contribution in [3.05, 3.63) is 44.6 Å². The van der Waals surface area contributed by atoms with E-state index in [9.17, 15) is 14.4 Å². The molecule has 1 aromatic carbocycles. The van der Waals surface area contributed by atoms with Gasteiger partial charge in [0, 0.05) is 6.42 Å². The SMILES string of the molecule is COC(=O)[C@@H](Cc1csc(Br)c1)NC(=O)c1cccc2c1NC(C)C(=O)N2. The van der Waals surface area contributed by atoms with Crippen molar-refractivity contribution in [3.63, 3.8) is 0 Å². The van der Waals surface area contributed by atoms with Crippen LogP contribution in [0.25, 0.3) is 0 Å². The first-order chi connectivity index (χ1) is 12.9. The van der Waals surface area contributed by atoms with Gasteiger partial charge in [-0.3, -0.25) is 9.59 Å². The molecule has 2 amide bonds. The number of nitrogens with one attached hydrogen (secondary N) is 3. The Morgan fingerprint density at radius 3 is 2.85 bits per heavy atom. The largest absolute Gasteiger partial charge is 0.467 e. The maximum absolute atomic E-state index is 12.9. The van der Waals surface area contributed by atoms with Crippen molar-refractivity contribution in [2.75, 3.05) is 17.7 Å². The maximum Gasteiger partial charge on any atom is 0.328 e. The summed E-state index contributed by atoms with van der Waals surface area (Å²) in [5, 5.41) is 10.4. The molecule has 3 N–H and O–H groups in total. The van der Waals surface area contributed by atoms with Crippen LogP contribution in [0.5, 0.6) is 0 Å². The van der Waals surface area contributed by atoms with Gasteiger partial charge in [0.25, 0.3) is 5.91 Å². The van der Waals surface area contributed by atoms with Crippen molar-refractivity contribution < 1.29 is 19.1 Å². The molecule has 27 heavy (non-hydrogen) atoms. The zero-order valence-corrected chi connectivity index (χ0v) is 17.1. The Bertz CT molecular complexity index is 898. The number of anilines is 2. The van der Waals surface area contributed by atoms with Gasteiger partial charge in [0.15, 0.2) is 0 Å². The fourth-order valence-electron chi connectivity index (χ4n) is 2.78.